The fourth-order valence-corrected chi connectivity index (χ4v) is 9.53. The largest absolute Gasteiger partial charge is 0.458 e. The van der Waals surface area contributed by atoms with Crippen molar-refractivity contribution in [2.75, 3.05) is 0 Å². The molecule has 340 valence electrons. The quantitative estimate of drug-likeness (QED) is 0.107. The maximum absolute atomic E-state index is 7.31. The van der Waals surface area contributed by atoms with Gasteiger partial charge in [-0.15, -0.1) is 0 Å². The van der Waals surface area contributed by atoms with Crippen LogP contribution in [0.25, 0.3) is 39.0 Å². The Kier molecular flexibility index (Phi) is 11.2. The molecule has 0 aliphatic rings. The third-order valence-corrected chi connectivity index (χ3v) is 13.8. The minimum Gasteiger partial charge on any atom is -0.458 e. The zero-order valence-electron chi connectivity index (χ0n) is 41.8. The van der Waals surface area contributed by atoms with Crippen molar-refractivity contribution in [3.05, 3.63) is 209 Å². The number of rotatable bonds is 9. The Morgan fingerprint density at radius 2 is 1.09 bits per heavy atom. The van der Waals surface area contributed by atoms with Crippen molar-refractivity contribution in [1.29, 1.82) is 0 Å². The number of para-hydroxylation sites is 1. The minimum atomic E-state index is -0.394. The van der Waals surface area contributed by atoms with Crippen molar-refractivity contribution in [1.82, 2.24) is 14.1 Å². The Labute approximate surface area is 398 Å². The van der Waals surface area contributed by atoms with Crippen LogP contribution in [0.1, 0.15) is 129 Å². The van der Waals surface area contributed by atoms with Crippen LogP contribution in [0.3, 0.4) is 0 Å². The highest BCUT2D eigenvalue weighted by Crippen LogP contribution is 2.44. The Bertz CT molecular complexity index is 3250. The van der Waals surface area contributed by atoms with Gasteiger partial charge in [0.25, 0.3) is 6.33 Å². The first-order valence-electron chi connectivity index (χ1n) is 23.8. The van der Waals surface area contributed by atoms with Gasteiger partial charge in [-0.25, -0.2) is 4.98 Å². The van der Waals surface area contributed by atoms with Gasteiger partial charge in [-0.05, 0) is 104 Å². The summed E-state index contributed by atoms with van der Waals surface area (Å²) in [6.45, 7) is 29.7. The maximum Gasteiger partial charge on any atom is 0.269 e. The van der Waals surface area contributed by atoms with Crippen molar-refractivity contribution in [2.45, 2.75) is 117 Å². The van der Waals surface area contributed by atoms with Crippen LogP contribution in [0.5, 0.6) is 11.5 Å². The van der Waals surface area contributed by atoms with Gasteiger partial charge in [0.05, 0.1) is 28.1 Å². The molecule has 3 aromatic heterocycles. The minimum absolute atomic E-state index is 0.00786. The van der Waals surface area contributed by atoms with E-state index in [0.717, 1.165) is 51.0 Å². The van der Waals surface area contributed by atoms with Gasteiger partial charge in [0, 0.05) is 40.1 Å². The third kappa shape index (κ3) is 8.61. The van der Waals surface area contributed by atoms with Crippen LogP contribution in [0, 0.1) is 6.33 Å². The van der Waals surface area contributed by atoms with Crippen LogP contribution in [0.4, 0.5) is 0 Å². The van der Waals surface area contributed by atoms with Crippen LogP contribution in [-0.4, -0.2) is 14.1 Å². The lowest BCUT2D eigenvalue weighted by molar-refractivity contribution is -0.599. The molecule has 0 atom stereocenters. The number of hydrogen-bond acceptors (Lipinski definition) is 2. The number of hydrogen-bond donors (Lipinski definition) is 0. The predicted molar refractivity (Wildman–Crippen MR) is 278 cm³/mol. The first-order chi connectivity index (χ1) is 31.6. The average Bonchev–Trinajstić information content (AvgIpc) is 3.90. The summed E-state index contributed by atoms with van der Waals surface area (Å²) in [5.41, 5.74) is 11.6. The second-order valence-corrected chi connectivity index (χ2v) is 22.5. The van der Waals surface area contributed by atoms with Gasteiger partial charge in [-0.1, -0.05) is 181 Å². The summed E-state index contributed by atoms with van der Waals surface area (Å²) in [6.07, 6.45) is 8.06. The standard InChI is InChI=1S/C62H66N4O/c1-58(2,3)44-27-22-28-47(33-44)64-40-55(62(12,13)43-25-18-15-19-26-43)65(41-64)48-34-46(61(10,11)42-23-16-14-17-24-42)35-49(37-48)67-50-38-52(60(7,8)9)57-51-29-20-21-30-53(51)66(54(57)39-50)56-36-45(31-32-63-56)59(4,5)6/h14-40H,1-13H3. The summed E-state index contributed by atoms with van der Waals surface area (Å²) in [5.74, 6) is 2.41. The number of aromatic nitrogens is 4. The van der Waals surface area contributed by atoms with E-state index in [1.165, 1.54) is 38.6 Å². The van der Waals surface area contributed by atoms with Crippen molar-refractivity contribution < 1.29 is 9.30 Å². The summed E-state index contributed by atoms with van der Waals surface area (Å²) in [4.78, 5) is 5.02. The molecule has 0 aliphatic carbocycles. The van der Waals surface area contributed by atoms with E-state index in [0.29, 0.717) is 0 Å². The van der Waals surface area contributed by atoms with Gasteiger partial charge in [-0.2, -0.15) is 0 Å². The fraction of sp³-hybridized carbons (Fsp3) is 0.290. The molecule has 67 heavy (non-hydrogen) atoms. The second-order valence-electron chi connectivity index (χ2n) is 22.5. The topological polar surface area (TPSA) is 35.9 Å². The summed E-state index contributed by atoms with van der Waals surface area (Å²) >= 11 is 0. The van der Waals surface area contributed by atoms with Crippen LogP contribution in [0.15, 0.2) is 164 Å². The maximum atomic E-state index is 7.31. The van der Waals surface area contributed by atoms with Crippen LogP contribution in [-0.2, 0) is 27.1 Å². The molecule has 5 nitrogen and oxygen atoms in total. The molecule has 6 aromatic carbocycles. The number of nitrogens with zero attached hydrogens (tertiary/aromatic N) is 4. The molecule has 9 rings (SSSR count). The summed E-state index contributed by atoms with van der Waals surface area (Å²) in [7, 11) is 0. The van der Waals surface area contributed by atoms with Gasteiger partial charge in [0.15, 0.2) is 0 Å². The van der Waals surface area contributed by atoms with Crippen LogP contribution in [0.2, 0.25) is 0 Å². The Morgan fingerprint density at radius 3 is 1.75 bits per heavy atom. The lowest BCUT2D eigenvalue weighted by Gasteiger charge is -2.29. The van der Waals surface area contributed by atoms with Gasteiger partial charge < -0.3 is 4.74 Å². The third-order valence-electron chi connectivity index (χ3n) is 13.8. The molecule has 0 unspecified atom stereocenters. The number of fused-ring (bicyclic) bond motifs is 3. The van der Waals surface area contributed by atoms with E-state index >= 15 is 0 Å². The predicted octanol–water partition coefficient (Wildman–Crippen LogP) is 15.4. The van der Waals surface area contributed by atoms with Crippen LogP contribution >= 0.6 is 0 Å². The summed E-state index contributed by atoms with van der Waals surface area (Å²) in [5, 5.41) is 2.41. The Hall–Kier alpha value is -6.72. The van der Waals surface area contributed by atoms with Crippen molar-refractivity contribution in [3.8, 4) is 28.7 Å². The molecule has 9 aromatic rings. The molecule has 0 saturated heterocycles. The number of imidazole rings is 1. The van der Waals surface area contributed by atoms with E-state index in [1.54, 1.807) is 0 Å². The molecule has 0 bridgehead atoms. The molecule has 0 radical (unpaired) electrons. The van der Waals surface area contributed by atoms with Crippen molar-refractivity contribution in [2.24, 2.45) is 0 Å². The molecule has 0 aliphatic heterocycles. The Balaban J connectivity index is 1.29. The number of pyridine rings is 1. The second kappa shape index (κ2) is 16.6. The highest BCUT2D eigenvalue weighted by Gasteiger charge is 2.32. The molecule has 3 heterocycles. The van der Waals surface area contributed by atoms with E-state index in [1.807, 2.05) is 6.20 Å². The SMILES string of the molecule is CC(C)(C)c1cccc(-[n+]2[c-]n(-c3cc(Oc4cc(C(C)(C)C)c5c6ccccc6n(-c6cc(C(C)(C)C)ccn6)c5c4)cc(C(C)(C)c4ccccc4)c3)c(C(C)(C)c3ccccc3)c2)c1. The number of benzene rings is 6. The molecular formula is C62H66N4O. The molecule has 0 amide bonds. The van der Waals surface area contributed by atoms with Gasteiger partial charge in [0.2, 0.25) is 0 Å². The van der Waals surface area contributed by atoms with Gasteiger partial charge in [0.1, 0.15) is 17.3 Å². The van der Waals surface area contributed by atoms with E-state index in [4.69, 9.17) is 9.72 Å². The molecule has 0 N–H and O–H groups in total. The summed E-state index contributed by atoms with van der Waals surface area (Å²) < 4.78 is 14.0. The molecule has 5 heteroatoms. The highest BCUT2D eigenvalue weighted by atomic mass is 16.5. The zero-order chi connectivity index (χ0) is 47.7. The average molecular weight is 883 g/mol. The first-order valence-corrected chi connectivity index (χ1v) is 23.8. The van der Waals surface area contributed by atoms with Gasteiger partial charge >= 0.3 is 0 Å². The first kappa shape index (κ1) is 45.4. The molecule has 0 fully saturated rings. The van der Waals surface area contributed by atoms with Gasteiger partial charge in [-0.3, -0.25) is 13.7 Å². The lowest BCUT2D eigenvalue weighted by Crippen LogP contribution is -2.29. The fourth-order valence-electron chi connectivity index (χ4n) is 9.53. The van der Waals surface area contributed by atoms with Crippen molar-refractivity contribution >= 4 is 21.8 Å². The number of ether oxygens (including phenoxy) is 1. The zero-order valence-corrected chi connectivity index (χ0v) is 41.8. The monoisotopic (exact) mass is 883 g/mol. The van der Waals surface area contributed by atoms with E-state index in [9.17, 15) is 0 Å². The van der Waals surface area contributed by atoms with E-state index in [-0.39, 0.29) is 21.7 Å². The smallest absolute Gasteiger partial charge is 0.269 e. The van der Waals surface area contributed by atoms with Crippen molar-refractivity contribution in [3.63, 3.8) is 0 Å². The van der Waals surface area contributed by atoms with Crippen LogP contribution < -0.4 is 9.30 Å². The summed E-state index contributed by atoms with van der Waals surface area (Å²) in [6, 6.07) is 54.7. The normalized spacial score (nSPS) is 12.9. The highest BCUT2D eigenvalue weighted by molar-refractivity contribution is 6.11. The lowest BCUT2D eigenvalue weighted by atomic mass is 9.78. The molecular weight excluding hydrogens is 817 g/mol. The molecule has 0 spiro atoms. The van der Waals surface area contributed by atoms with E-state index < -0.39 is 5.41 Å². The Morgan fingerprint density at radius 1 is 0.493 bits per heavy atom. The molecule has 0 saturated carbocycles. The van der Waals surface area contributed by atoms with E-state index in [2.05, 4.69) is 268 Å².